The Kier molecular flexibility index (Phi) is 1.79. The molecule has 0 aliphatic carbocycles. The van der Waals surface area contributed by atoms with Crippen LogP contribution in [0.1, 0.15) is 13.8 Å². The Morgan fingerprint density at radius 1 is 1.60 bits per heavy atom. The first kappa shape index (κ1) is 7.32. The second-order valence-corrected chi connectivity index (χ2v) is 2.78. The molecule has 1 fully saturated rings. The van der Waals surface area contributed by atoms with E-state index in [1.807, 2.05) is 13.8 Å². The van der Waals surface area contributed by atoms with Crippen LogP contribution in [0.2, 0.25) is 0 Å². The number of rotatable bonds is 1. The van der Waals surface area contributed by atoms with Crippen LogP contribution in [0.3, 0.4) is 0 Å². The van der Waals surface area contributed by atoms with Gasteiger partial charge in [0.25, 0.3) is 0 Å². The number of carbonyl (C=O) groups is 1. The highest BCUT2D eigenvalue weighted by molar-refractivity contribution is 5.75. The van der Waals surface area contributed by atoms with Gasteiger partial charge in [-0.05, 0) is 0 Å². The van der Waals surface area contributed by atoms with Crippen molar-refractivity contribution in [1.82, 2.24) is 0 Å². The van der Waals surface area contributed by atoms with Crippen LogP contribution in [0, 0.1) is 11.8 Å². The molecule has 1 heterocycles. The maximum Gasteiger partial charge on any atom is 0.309 e. The molecule has 0 radical (unpaired) electrons. The summed E-state index contributed by atoms with van der Waals surface area (Å²) in [4.78, 5) is 10.9. The summed E-state index contributed by atoms with van der Waals surface area (Å²) in [5, 5.41) is 0. The molecule has 0 aromatic heterocycles. The Morgan fingerprint density at radius 3 is 2.40 bits per heavy atom. The Bertz CT molecular complexity index is 163. The third kappa shape index (κ3) is 0.939. The second kappa shape index (κ2) is 2.45. The molecule has 0 aromatic carbocycles. The van der Waals surface area contributed by atoms with E-state index in [9.17, 15) is 4.79 Å². The number of hydrogen-bond acceptors (Lipinski definition) is 2. The van der Waals surface area contributed by atoms with Crippen molar-refractivity contribution in [2.45, 2.75) is 20.0 Å². The van der Waals surface area contributed by atoms with Crippen LogP contribution < -0.4 is 0 Å². The lowest BCUT2D eigenvalue weighted by Crippen LogP contribution is -2.12. The molecule has 56 valence electrons. The molecule has 1 aliphatic rings. The third-order valence-electron chi connectivity index (χ3n) is 2.16. The predicted octanol–water partition coefficient (Wildman–Crippen LogP) is 1.37. The summed E-state index contributed by atoms with van der Waals surface area (Å²) >= 11 is 0. The molecule has 1 aliphatic heterocycles. The molecule has 0 N–H and O–H groups in total. The van der Waals surface area contributed by atoms with Crippen LogP contribution in [0.5, 0.6) is 0 Å². The highest BCUT2D eigenvalue weighted by Crippen LogP contribution is 2.27. The summed E-state index contributed by atoms with van der Waals surface area (Å²) in [5.74, 6) is 0.213. The van der Waals surface area contributed by atoms with Crippen LogP contribution in [-0.2, 0) is 9.53 Å². The molecule has 0 amide bonds. The Labute approximate surface area is 60.9 Å². The van der Waals surface area contributed by atoms with E-state index in [1.165, 1.54) is 0 Å². The smallest absolute Gasteiger partial charge is 0.309 e. The van der Waals surface area contributed by atoms with Crippen molar-refractivity contribution in [3.8, 4) is 0 Å². The molecule has 2 heteroatoms. The highest BCUT2D eigenvalue weighted by Gasteiger charge is 2.36. The quantitative estimate of drug-likeness (QED) is 0.406. The molecule has 3 atom stereocenters. The van der Waals surface area contributed by atoms with Gasteiger partial charge in [-0.25, -0.2) is 0 Å². The first-order valence-electron chi connectivity index (χ1n) is 3.50. The fourth-order valence-corrected chi connectivity index (χ4v) is 1.11. The van der Waals surface area contributed by atoms with Gasteiger partial charge in [0.15, 0.2) is 0 Å². The van der Waals surface area contributed by atoms with E-state index in [-0.39, 0.29) is 23.9 Å². The molecule has 3 unspecified atom stereocenters. The van der Waals surface area contributed by atoms with Gasteiger partial charge in [0.05, 0.1) is 5.92 Å². The van der Waals surface area contributed by atoms with Gasteiger partial charge in [-0.15, -0.1) is 0 Å². The average molecular weight is 140 g/mol. The summed E-state index contributed by atoms with van der Waals surface area (Å²) in [6.45, 7) is 7.47. The zero-order valence-corrected chi connectivity index (χ0v) is 6.33. The molecular weight excluding hydrogens is 128 g/mol. The number of ether oxygens (including phenoxy) is 1. The van der Waals surface area contributed by atoms with Gasteiger partial charge in [0.1, 0.15) is 6.10 Å². The minimum absolute atomic E-state index is 0.0306. The van der Waals surface area contributed by atoms with Gasteiger partial charge >= 0.3 is 5.97 Å². The summed E-state index contributed by atoms with van der Waals surface area (Å²) in [7, 11) is 0. The van der Waals surface area contributed by atoms with Crippen molar-refractivity contribution in [2.24, 2.45) is 11.8 Å². The van der Waals surface area contributed by atoms with Crippen LogP contribution in [0.15, 0.2) is 12.7 Å². The average Bonchev–Trinajstić information content (AvgIpc) is 2.17. The van der Waals surface area contributed by atoms with Gasteiger partial charge in [0.2, 0.25) is 0 Å². The lowest BCUT2D eigenvalue weighted by Gasteiger charge is -2.08. The SMILES string of the molecule is C=CC1OC(=O)C(C)C1C. The topological polar surface area (TPSA) is 26.3 Å². The van der Waals surface area contributed by atoms with E-state index in [0.717, 1.165) is 0 Å². The molecule has 1 saturated heterocycles. The van der Waals surface area contributed by atoms with Crippen LogP contribution >= 0.6 is 0 Å². The lowest BCUT2D eigenvalue weighted by molar-refractivity contribution is -0.142. The molecule has 10 heavy (non-hydrogen) atoms. The maximum absolute atomic E-state index is 10.9. The van der Waals surface area contributed by atoms with Crippen LogP contribution in [0.4, 0.5) is 0 Å². The van der Waals surface area contributed by atoms with E-state index in [4.69, 9.17) is 4.74 Å². The van der Waals surface area contributed by atoms with E-state index in [1.54, 1.807) is 6.08 Å². The molecule has 0 spiro atoms. The van der Waals surface area contributed by atoms with E-state index in [0.29, 0.717) is 0 Å². The van der Waals surface area contributed by atoms with Crippen molar-refractivity contribution in [2.75, 3.05) is 0 Å². The molecule has 2 nitrogen and oxygen atoms in total. The normalized spacial score (nSPS) is 39.4. The monoisotopic (exact) mass is 140 g/mol. The minimum atomic E-state index is -0.0996. The zero-order chi connectivity index (χ0) is 7.72. The van der Waals surface area contributed by atoms with E-state index in [2.05, 4.69) is 6.58 Å². The molecule has 0 aromatic rings. The van der Waals surface area contributed by atoms with Crippen molar-refractivity contribution >= 4 is 5.97 Å². The van der Waals surface area contributed by atoms with Gasteiger partial charge < -0.3 is 4.74 Å². The number of esters is 1. The van der Waals surface area contributed by atoms with Crippen molar-refractivity contribution < 1.29 is 9.53 Å². The fourth-order valence-electron chi connectivity index (χ4n) is 1.11. The third-order valence-corrected chi connectivity index (χ3v) is 2.16. The summed E-state index contributed by atoms with van der Waals surface area (Å²) < 4.78 is 4.98. The second-order valence-electron chi connectivity index (χ2n) is 2.78. The summed E-state index contributed by atoms with van der Waals surface area (Å²) in [6.07, 6.45) is 1.62. The fraction of sp³-hybridized carbons (Fsp3) is 0.625. The Balaban J connectivity index is 2.70. The standard InChI is InChI=1S/C8H12O2/c1-4-7-5(2)6(3)8(9)10-7/h4-7H,1H2,2-3H3. The number of cyclic esters (lactones) is 1. The molecular formula is C8H12O2. The van der Waals surface area contributed by atoms with Crippen molar-refractivity contribution in [3.05, 3.63) is 12.7 Å². The Hall–Kier alpha value is -0.790. The highest BCUT2D eigenvalue weighted by atomic mass is 16.6. The summed E-state index contributed by atoms with van der Waals surface area (Å²) in [5.41, 5.74) is 0. The molecule has 0 saturated carbocycles. The summed E-state index contributed by atoms with van der Waals surface area (Å²) in [6, 6.07) is 0. The number of hydrogen-bond donors (Lipinski definition) is 0. The van der Waals surface area contributed by atoms with E-state index < -0.39 is 0 Å². The molecule has 1 rings (SSSR count). The van der Waals surface area contributed by atoms with Crippen LogP contribution in [-0.4, -0.2) is 12.1 Å². The van der Waals surface area contributed by atoms with Gasteiger partial charge in [-0.1, -0.05) is 26.5 Å². The Morgan fingerprint density at radius 2 is 2.20 bits per heavy atom. The van der Waals surface area contributed by atoms with Crippen molar-refractivity contribution in [3.63, 3.8) is 0 Å². The largest absolute Gasteiger partial charge is 0.458 e. The van der Waals surface area contributed by atoms with Gasteiger partial charge in [0, 0.05) is 5.92 Å². The predicted molar refractivity (Wildman–Crippen MR) is 38.4 cm³/mol. The number of carbonyl (C=O) groups excluding carboxylic acids is 1. The first-order chi connectivity index (χ1) is 4.66. The zero-order valence-electron chi connectivity index (χ0n) is 6.33. The van der Waals surface area contributed by atoms with Gasteiger partial charge in [-0.3, -0.25) is 4.79 Å². The lowest BCUT2D eigenvalue weighted by atomic mass is 9.94. The first-order valence-corrected chi connectivity index (χ1v) is 3.50. The minimum Gasteiger partial charge on any atom is -0.458 e. The van der Waals surface area contributed by atoms with Gasteiger partial charge in [-0.2, -0.15) is 0 Å². The van der Waals surface area contributed by atoms with Crippen LogP contribution in [0.25, 0.3) is 0 Å². The maximum atomic E-state index is 10.9. The molecule has 0 bridgehead atoms. The van der Waals surface area contributed by atoms with E-state index >= 15 is 0 Å². The van der Waals surface area contributed by atoms with Crippen molar-refractivity contribution in [1.29, 1.82) is 0 Å².